The van der Waals surface area contributed by atoms with E-state index in [-0.39, 0.29) is 6.10 Å². The minimum Gasteiger partial charge on any atom is -0.486 e. The molecule has 1 amide bonds. The second kappa shape index (κ2) is 5.89. The molecule has 0 radical (unpaired) electrons. The third kappa shape index (κ3) is 4.28. The van der Waals surface area contributed by atoms with E-state index in [4.69, 9.17) is 21.1 Å². The maximum Gasteiger partial charge on any atom is 0.412 e. The average Bonchev–Trinajstić information content (AvgIpc) is 2.22. The lowest BCUT2D eigenvalue weighted by Crippen LogP contribution is -2.50. The molecule has 5 nitrogen and oxygen atoms in total. The number of amides is 1. The molecular formula is C14H19ClN2O3. The van der Waals surface area contributed by atoms with E-state index in [2.05, 4.69) is 10.6 Å². The van der Waals surface area contributed by atoms with Crippen molar-refractivity contribution in [3.63, 3.8) is 0 Å². The van der Waals surface area contributed by atoms with Crippen LogP contribution in [0.2, 0.25) is 5.02 Å². The van der Waals surface area contributed by atoms with Crippen LogP contribution in [0.4, 0.5) is 10.5 Å². The Kier molecular flexibility index (Phi) is 4.40. The fraction of sp³-hybridized carbons (Fsp3) is 0.500. The van der Waals surface area contributed by atoms with Gasteiger partial charge in [-0.05, 0) is 39.0 Å². The molecule has 2 N–H and O–H groups in total. The van der Waals surface area contributed by atoms with Crippen LogP contribution in [0.3, 0.4) is 0 Å². The number of benzene rings is 1. The highest BCUT2D eigenvalue weighted by molar-refractivity contribution is 6.31. The zero-order valence-electron chi connectivity index (χ0n) is 11.8. The van der Waals surface area contributed by atoms with Gasteiger partial charge in [-0.3, -0.25) is 5.32 Å². The van der Waals surface area contributed by atoms with Gasteiger partial charge in [-0.15, -0.1) is 0 Å². The van der Waals surface area contributed by atoms with E-state index in [9.17, 15) is 4.79 Å². The number of nitrogens with one attached hydrogen (secondary N) is 2. The minimum absolute atomic E-state index is 0.121. The van der Waals surface area contributed by atoms with Crippen LogP contribution >= 0.6 is 11.6 Å². The lowest BCUT2D eigenvalue weighted by Gasteiger charge is -2.29. The Morgan fingerprint density at radius 1 is 1.40 bits per heavy atom. The largest absolute Gasteiger partial charge is 0.486 e. The molecule has 0 aromatic heterocycles. The van der Waals surface area contributed by atoms with Gasteiger partial charge in [0.2, 0.25) is 0 Å². The van der Waals surface area contributed by atoms with Gasteiger partial charge >= 0.3 is 6.09 Å². The molecule has 1 aromatic carbocycles. The smallest absolute Gasteiger partial charge is 0.412 e. The Morgan fingerprint density at radius 2 is 2.10 bits per heavy atom. The van der Waals surface area contributed by atoms with E-state index in [1.807, 2.05) is 20.8 Å². The summed E-state index contributed by atoms with van der Waals surface area (Å²) in [6.07, 6.45) is -0.410. The second-order valence-electron chi connectivity index (χ2n) is 5.67. The summed E-state index contributed by atoms with van der Waals surface area (Å²) >= 11 is 5.96. The summed E-state index contributed by atoms with van der Waals surface area (Å²) in [6.45, 7) is 7.02. The normalized spacial score (nSPS) is 15.4. The topological polar surface area (TPSA) is 59.6 Å². The van der Waals surface area contributed by atoms with Crippen LogP contribution in [0.1, 0.15) is 20.8 Å². The van der Waals surface area contributed by atoms with Gasteiger partial charge in [0.25, 0.3) is 0 Å². The van der Waals surface area contributed by atoms with E-state index >= 15 is 0 Å². The predicted octanol–water partition coefficient (Wildman–Crippen LogP) is 3.04. The number of rotatable bonds is 3. The van der Waals surface area contributed by atoms with Crippen molar-refractivity contribution in [2.45, 2.75) is 32.5 Å². The van der Waals surface area contributed by atoms with E-state index in [1.165, 1.54) is 0 Å². The number of halogens is 1. The van der Waals surface area contributed by atoms with Crippen molar-refractivity contribution >= 4 is 23.4 Å². The van der Waals surface area contributed by atoms with Crippen molar-refractivity contribution in [1.82, 2.24) is 5.32 Å². The SMILES string of the molecule is CC(C)(C)OC(=O)Nc1cc(Cl)ccc1OC1CNC1. The molecule has 0 aliphatic carbocycles. The van der Waals surface area contributed by atoms with Crippen molar-refractivity contribution in [2.75, 3.05) is 18.4 Å². The molecule has 1 aliphatic heterocycles. The van der Waals surface area contributed by atoms with Gasteiger partial charge in [0.1, 0.15) is 17.5 Å². The maximum atomic E-state index is 11.8. The van der Waals surface area contributed by atoms with Gasteiger partial charge in [0.05, 0.1) is 5.69 Å². The molecular weight excluding hydrogens is 280 g/mol. The van der Waals surface area contributed by atoms with Crippen molar-refractivity contribution in [2.24, 2.45) is 0 Å². The summed E-state index contributed by atoms with van der Waals surface area (Å²) in [5, 5.41) is 6.31. The Morgan fingerprint density at radius 3 is 2.65 bits per heavy atom. The molecule has 0 atom stereocenters. The van der Waals surface area contributed by atoms with Crippen LogP contribution in [0.5, 0.6) is 5.75 Å². The number of carbonyl (C=O) groups excluding carboxylic acids is 1. The van der Waals surface area contributed by atoms with Crippen molar-refractivity contribution in [3.05, 3.63) is 23.2 Å². The first kappa shape index (κ1) is 14.9. The molecule has 1 saturated heterocycles. The van der Waals surface area contributed by atoms with Crippen LogP contribution < -0.4 is 15.4 Å². The molecule has 0 bridgehead atoms. The standard InChI is InChI=1S/C14H19ClN2O3/c1-14(2,3)20-13(18)17-11-6-9(15)4-5-12(11)19-10-7-16-8-10/h4-6,10,16H,7-8H2,1-3H3,(H,17,18). The average molecular weight is 299 g/mol. The Balaban J connectivity index is 2.08. The van der Waals surface area contributed by atoms with Gasteiger partial charge in [-0.1, -0.05) is 11.6 Å². The summed E-state index contributed by atoms with van der Waals surface area (Å²) in [5.41, 5.74) is -0.0414. The third-order valence-corrected chi connectivity index (χ3v) is 2.85. The molecule has 6 heteroatoms. The number of hydrogen-bond acceptors (Lipinski definition) is 4. The van der Waals surface area contributed by atoms with E-state index in [1.54, 1.807) is 18.2 Å². The van der Waals surface area contributed by atoms with Gasteiger partial charge in [-0.2, -0.15) is 0 Å². The number of anilines is 1. The predicted molar refractivity (Wildman–Crippen MR) is 78.6 cm³/mol. The quantitative estimate of drug-likeness (QED) is 0.900. The van der Waals surface area contributed by atoms with E-state index < -0.39 is 11.7 Å². The first-order valence-electron chi connectivity index (χ1n) is 6.50. The monoisotopic (exact) mass is 298 g/mol. The molecule has 0 spiro atoms. The molecule has 1 heterocycles. The number of hydrogen-bond donors (Lipinski definition) is 2. The molecule has 20 heavy (non-hydrogen) atoms. The van der Waals surface area contributed by atoms with Crippen LogP contribution in [0.15, 0.2) is 18.2 Å². The molecule has 1 aliphatic rings. The maximum absolute atomic E-state index is 11.8. The summed E-state index contributed by atoms with van der Waals surface area (Å²) in [7, 11) is 0. The Hall–Kier alpha value is -1.46. The summed E-state index contributed by atoms with van der Waals surface area (Å²) in [6, 6.07) is 5.11. The van der Waals surface area contributed by atoms with Gasteiger partial charge < -0.3 is 14.8 Å². The molecule has 110 valence electrons. The third-order valence-electron chi connectivity index (χ3n) is 2.61. The molecule has 0 saturated carbocycles. The fourth-order valence-electron chi connectivity index (χ4n) is 1.64. The fourth-order valence-corrected chi connectivity index (χ4v) is 1.81. The van der Waals surface area contributed by atoms with Crippen LogP contribution in [-0.2, 0) is 4.74 Å². The van der Waals surface area contributed by atoms with Crippen molar-refractivity contribution < 1.29 is 14.3 Å². The summed E-state index contributed by atoms with van der Waals surface area (Å²) < 4.78 is 11.0. The highest BCUT2D eigenvalue weighted by Gasteiger charge is 2.22. The van der Waals surface area contributed by atoms with Crippen LogP contribution in [0.25, 0.3) is 0 Å². The Labute approximate surface area is 123 Å². The zero-order chi connectivity index (χ0) is 14.8. The van der Waals surface area contributed by atoms with Gasteiger partial charge in [-0.25, -0.2) is 4.79 Å². The number of carbonyl (C=O) groups is 1. The molecule has 1 aromatic rings. The lowest BCUT2D eigenvalue weighted by molar-refractivity contribution is 0.0634. The second-order valence-corrected chi connectivity index (χ2v) is 6.10. The Bertz CT molecular complexity index is 496. The summed E-state index contributed by atoms with van der Waals surface area (Å²) in [4.78, 5) is 11.8. The molecule has 2 rings (SSSR count). The van der Waals surface area contributed by atoms with E-state index in [0.29, 0.717) is 16.5 Å². The first-order valence-corrected chi connectivity index (χ1v) is 6.88. The van der Waals surface area contributed by atoms with Gasteiger partial charge in [0, 0.05) is 18.1 Å². The molecule has 0 unspecified atom stereocenters. The number of ether oxygens (including phenoxy) is 2. The minimum atomic E-state index is -0.554. The summed E-state index contributed by atoms with van der Waals surface area (Å²) in [5.74, 6) is 0.590. The zero-order valence-corrected chi connectivity index (χ0v) is 12.6. The highest BCUT2D eigenvalue weighted by atomic mass is 35.5. The van der Waals surface area contributed by atoms with Crippen LogP contribution in [0, 0.1) is 0 Å². The van der Waals surface area contributed by atoms with Crippen LogP contribution in [-0.4, -0.2) is 30.9 Å². The lowest BCUT2D eigenvalue weighted by atomic mass is 10.2. The van der Waals surface area contributed by atoms with Crippen molar-refractivity contribution in [1.29, 1.82) is 0 Å². The van der Waals surface area contributed by atoms with Gasteiger partial charge in [0.15, 0.2) is 0 Å². The van der Waals surface area contributed by atoms with E-state index in [0.717, 1.165) is 13.1 Å². The first-order chi connectivity index (χ1) is 9.33. The highest BCUT2D eigenvalue weighted by Crippen LogP contribution is 2.29. The van der Waals surface area contributed by atoms with Crippen molar-refractivity contribution in [3.8, 4) is 5.75 Å². The molecule has 1 fully saturated rings.